The van der Waals surface area contributed by atoms with E-state index in [1.807, 2.05) is 6.92 Å². The fourth-order valence-corrected chi connectivity index (χ4v) is 2.83. The summed E-state index contributed by atoms with van der Waals surface area (Å²) in [4.78, 5) is 30.7. The maximum absolute atomic E-state index is 12.3. The second-order valence-electron chi connectivity index (χ2n) is 4.47. The van der Waals surface area contributed by atoms with Gasteiger partial charge in [0.05, 0.1) is 19.4 Å². The summed E-state index contributed by atoms with van der Waals surface area (Å²) >= 11 is 1.34. The van der Waals surface area contributed by atoms with Gasteiger partial charge in [0.15, 0.2) is 5.13 Å². The number of ether oxygens (including phenoxy) is 1. The summed E-state index contributed by atoms with van der Waals surface area (Å²) in [5.74, 6) is -1.55. The molecule has 0 bridgehead atoms. The molecule has 2 rings (SSSR count). The zero-order valence-corrected chi connectivity index (χ0v) is 12.5. The zero-order chi connectivity index (χ0) is 15.2. The van der Waals surface area contributed by atoms with Gasteiger partial charge in [-0.3, -0.25) is 14.6 Å². The van der Waals surface area contributed by atoms with Crippen LogP contribution in [0.4, 0.5) is 5.13 Å². The van der Waals surface area contributed by atoms with Crippen molar-refractivity contribution in [1.29, 1.82) is 0 Å². The number of carboxylic acids is 1. The highest BCUT2D eigenvalue weighted by atomic mass is 32.1. The second kappa shape index (κ2) is 7.30. The van der Waals surface area contributed by atoms with Gasteiger partial charge in [-0.05, 0) is 6.92 Å². The van der Waals surface area contributed by atoms with Crippen LogP contribution >= 0.6 is 11.3 Å². The Morgan fingerprint density at radius 3 is 2.76 bits per heavy atom. The Kier molecular flexibility index (Phi) is 5.43. The molecule has 1 amide bonds. The van der Waals surface area contributed by atoms with Gasteiger partial charge < -0.3 is 9.84 Å². The van der Waals surface area contributed by atoms with Crippen LogP contribution in [0.1, 0.15) is 6.92 Å². The highest BCUT2D eigenvalue weighted by molar-refractivity contribution is 7.13. The van der Waals surface area contributed by atoms with E-state index in [1.165, 1.54) is 16.2 Å². The summed E-state index contributed by atoms with van der Waals surface area (Å²) in [6, 6.07) is 0. The molecule has 8 heteroatoms. The molecular formula is C13H17N3O4S. The van der Waals surface area contributed by atoms with Crippen LogP contribution in [0.25, 0.3) is 0 Å². The maximum atomic E-state index is 12.3. The molecule has 1 aromatic rings. The molecule has 0 aliphatic carbocycles. The number of rotatable bonds is 5. The summed E-state index contributed by atoms with van der Waals surface area (Å²) in [6.07, 6.45) is 3.30. The maximum Gasteiger partial charge on any atom is 0.328 e. The van der Waals surface area contributed by atoms with Crippen LogP contribution in [-0.4, -0.2) is 59.3 Å². The molecule has 1 aromatic heterocycles. The Morgan fingerprint density at radius 2 is 2.19 bits per heavy atom. The van der Waals surface area contributed by atoms with Crippen LogP contribution in [0.3, 0.4) is 0 Å². The molecule has 0 radical (unpaired) electrons. The topological polar surface area (TPSA) is 83.0 Å². The van der Waals surface area contributed by atoms with Crippen molar-refractivity contribution in [2.75, 3.05) is 31.2 Å². The molecular weight excluding hydrogens is 294 g/mol. The fraction of sp³-hybridized carbons (Fsp3) is 0.462. The molecule has 1 saturated heterocycles. The van der Waals surface area contributed by atoms with Gasteiger partial charge in [-0.25, -0.2) is 9.78 Å². The quantitative estimate of drug-likeness (QED) is 0.810. The summed E-state index contributed by atoms with van der Waals surface area (Å²) in [5.41, 5.74) is 0. The van der Waals surface area contributed by atoms with Gasteiger partial charge >= 0.3 is 5.97 Å². The number of hydrogen-bond acceptors (Lipinski definition) is 6. The average molecular weight is 311 g/mol. The van der Waals surface area contributed by atoms with Gasteiger partial charge in [0.1, 0.15) is 0 Å². The Hall–Kier alpha value is -1.77. The van der Waals surface area contributed by atoms with Crippen LogP contribution < -0.4 is 4.90 Å². The SMILES string of the molecule is CC(N1CCOCC1)N(C(=O)/C=C/C(=O)O)c1nccs1. The number of thiazole rings is 1. The average Bonchev–Trinajstić information content (AvgIpc) is 3.00. The van der Waals surface area contributed by atoms with Gasteiger partial charge in [-0.1, -0.05) is 0 Å². The largest absolute Gasteiger partial charge is 0.478 e. The van der Waals surface area contributed by atoms with Gasteiger partial charge in [-0.15, -0.1) is 11.3 Å². The number of morpholine rings is 1. The normalized spacial score (nSPS) is 17.8. The van der Waals surface area contributed by atoms with Gasteiger partial charge in [0, 0.05) is 36.8 Å². The molecule has 1 aliphatic rings. The molecule has 0 saturated carbocycles. The zero-order valence-electron chi connectivity index (χ0n) is 11.6. The molecule has 114 valence electrons. The molecule has 7 nitrogen and oxygen atoms in total. The lowest BCUT2D eigenvalue weighted by Crippen LogP contribution is -2.52. The smallest absolute Gasteiger partial charge is 0.328 e. The highest BCUT2D eigenvalue weighted by Gasteiger charge is 2.28. The van der Waals surface area contributed by atoms with E-state index in [4.69, 9.17) is 9.84 Å². The number of nitrogens with zero attached hydrogens (tertiary/aromatic N) is 3. The van der Waals surface area contributed by atoms with E-state index < -0.39 is 11.9 Å². The number of amides is 1. The van der Waals surface area contributed by atoms with Crippen molar-refractivity contribution < 1.29 is 19.4 Å². The first-order valence-corrected chi connectivity index (χ1v) is 7.43. The van der Waals surface area contributed by atoms with Crippen LogP contribution in [0, 0.1) is 0 Å². The van der Waals surface area contributed by atoms with E-state index >= 15 is 0 Å². The van der Waals surface area contributed by atoms with Crippen molar-refractivity contribution in [2.45, 2.75) is 13.1 Å². The Labute approximate surface area is 126 Å². The van der Waals surface area contributed by atoms with Crippen LogP contribution in [-0.2, 0) is 14.3 Å². The fourth-order valence-electron chi connectivity index (χ4n) is 2.11. The van der Waals surface area contributed by atoms with Crippen LogP contribution in [0.15, 0.2) is 23.7 Å². The summed E-state index contributed by atoms with van der Waals surface area (Å²) in [6.45, 7) is 4.58. The van der Waals surface area contributed by atoms with Crippen molar-refractivity contribution in [2.24, 2.45) is 0 Å². The van der Waals surface area contributed by atoms with Crippen LogP contribution in [0.2, 0.25) is 0 Å². The third kappa shape index (κ3) is 4.10. The third-order valence-electron chi connectivity index (χ3n) is 3.18. The lowest BCUT2D eigenvalue weighted by molar-refractivity contribution is -0.131. The number of carboxylic acid groups (broad SMARTS) is 1. The van der Waals surface area contributed by atoms with E-state index in [1.54, 1.807) is 11.6 Å². The third-order valence-corrected chi connectivity index (χ3v) is 3.95. The summed E-state index contributed by atoms with van der Waals surface area (Å²) in [7, 11) is 0. The van der Waals surface area contributed by atoms with Crippen molar-refractivity contribution in [3.05, 3.63) is 23.7 Å². The molecule has 2 heterocycles. The number of hydrogen-bond donors (Lipinski definition) is 1. The molecule has 21 heavy (non-hydrogen) atoms. The predicted molar refractivity (Wildman–Crippen MR) is 78.2 cm³/mol. The Morgan fingerprint density at radius 1 is 1.48 bits per heavy atom. The Balaban J connectivity index is 2.19. The van der Waals surface area contributed by atoms with Crippen molar-refractivity contribution in [1.82, 2.24) is 9.88 Å². The second-order valence-corrected chi connectivity index (χ2v) is 5.35. The lowest BCUT2D eigenvalue weighted by atomic mass is 10.3. The monoisotopic (exact) mass is 311 g/mol. The minimum atomic E-state index is -1.15. The molecule has 1 unspecified atom stereocenters. The van der Waals surface area contributed by atoms with Crippen molar-refractivity contribution in [3.63, 3.8) is 0 Å². The van der Waals surface area contributed by atoms with Gasteiger partial charge in [0.2, 0.25) is 0 Å². The van der Waals surface area contributed by atoms with Crippen molar-refractivity contribution >= 4 is 28.3 Å². The predicted octanol–water partition coefficient (Wildman–Crippen LogP) is 0.795. The number of carbonyl (C=O) groups is 2. The molecule has 1 atom stereocenters. The van der Waals surface area contributed by atoms with E-state index in [0.717, 1.165) is 25.2 Å². The van der Waals surface area contributed by atoms with E-state index in [0.29, 0.717) is 18.3 Å². The number of aromatic nitrogens is 1. The van der Waals surface area contributed by atoms with Crippen LogP contribution in [0.5, 0.6) is 0 Å². The molecule has 1 aliphatic heterocycles. The van der Waals surface area contributed by atoms with Gasteiger partial charge in [-0.2, -0.15) is 0 Å². The molecule has 0 aromatic carbocycles. The first kappa shape index (κ1) is 15.6. The minimum absolute atomic E-state index is 0.217. The van der Waals surface area contributed by atoms with Gasteiger partial charge in [0.25, 0.3) is 5.91 Å². The molecule has 1 fully saturated rings. The summed E-state index contributed by atoms with van der Waals surface area (Å²) < 4.78 is 5.31. The minimum Gasteiger partial charge on any atom is -0.478 e. The number of anilines is 1. The molecule has 1 N–H and O–H groups in total. The highest BCUT2D eigenvalue weighted by Crippen LogP contribution is 2.22. The lowest BCUT2D eigenvalue weighted by Gasteiger charge is -2.37. The Bertz CT molecular complexity index is 511. The van der Waals surface area contributed by atoms with E-state index in [9.17, 15) is 9.59 Å². The number of carbonyl (C=O) groups excluding carboxylic acids is 1. The van der Waals surface area contributed by atoms with Crippen molar-refractivity contribution in [3.8, 4) is 0 Å². The molecule has 0 spiro atoms. The first-order valence-electron chi connectivity index (χ1n) is 6.55. The van der Waals surface area contributed by atoms with E-state index in [2.05, 4.69) is 9.88 Å². The van der Waals surface area contributed by atoms with E-state index in [-0.39, 0.29) is 6.17 Å². The first-order chi connectivity index (χ1) is 10.1. The standard InChI is InChI=1S/C13H17N3O4S/c1-10(15-5-7-20-8-6-15)16(13-14-4-9-21-13)11(17)2-3-12(18)19/h2-4,9-10H,5-8H2,1H3,(H,18,19)/b3-2+. The summed E-state index contributed by atoms with van der Waals surface area (Å²) in [5, 5.41) is 11.0. The number of aliphatic carboxylic acids is 1.